The van der Waals surface area contributed by atoms with Crippen LogP contribution in [0.3, 0.4) is 0 Å². The third-order valence-corrected chi connectivity index (χ3v) is 7.93. The zero-order valence-corrected chi connectivity index (χ0v) is 24.0. The molecule has 216 valence electrons. The van der Waals surface area contributed by atoms with E-state index in [-0.39, 0.29) is 17.0 Å². The Bertz CT molecular complexity index is 1110. The highest BCUT2D eigenvalue weighted by Crippen LogP contribution is 2.33. The molecule has 0 aliphatic heterocycles. The van der Waals surface area contributed by atoms with Crippen molar-refractivity contribution in [3.05, 3.63) is 41.0 Å². The fourth-order valence-electron chi connectivity index (χ4n) is 4.80. The summed E-state index contributed by atoms with van der Waals surface area (Å²) in [5, 5.41) is 8.49. The largest absolute Gasteiger partial charge is 0.433 e. The summed E-state index contributed by atoms with van der Waals surface area (Å²) in [7, 11) is 0. The maximum Gasteiger partial charge on any atom is 0.433 e. The number of nitrogens with one attached hydrogen (secondary N) is 1. The summed E-state index contributed by atoms with van der Waals surface area (Å²) in [6, 6.07) is 5.76. The van der Waals surface area contributed by atoms with Crippen LogP contribution in [0.25, 0.3) is 16.2 Å². The first-order chi connectivity index (χ1) is 18.9. The third-order valence-electron chi connectivity index (χ3n) is 7.04. The van der Waals surface area contributed by atoms with Gasteiger partial charge in [0.1, 0.15) is 0 Å². The van der Waals surface area contributed by atoms with E-state index in [9.17, 15) is 18.0 Å². The Balaban J connectivity index is 1.29. The molecule has 9 heteroatoms. The molecule has 0 saturated carbocycles. The lowest BCUT2D eigenvalue weighted by Gasteiger charge is -2.10. The molecule has 0 aromatic carbocycles. The summed E-state index contributed by atoms with van der Waals surface area (Å²) in [5.74, 6) is -0.479. The van der Waals surface area contributed by atoms with Crippen LogP contribution in [0.4, 0.5) is 13.2 Å². The average molecular weight is 565 g/mol. The second-order valence-electron chi connectivity index (χ2n) is 10.4. The van der Waals surface area contributed by atoms with Gasteiger partial charge < -0.3 is 5.32 Å². The number of aromatic nitrogens is 3. The fourth-order valence-corrected chi connectivity index (χ4v) is 5.49. The van der Waals surface area contributed by atoms with Crippen LogP contribution < -0.4 is 5.32 Å². The molecular formula is C30H43F3N4OS. The van der Waals surface area contributed by atoms with Crippen molar-refractivity contribution in [3.63, 3.8) is 0 Å². The van der Waals surface area contributed by atoms with Crippen LogP contribution in [0, 0.1) is 0 Å². The van der Waals surface area contributed by atoms with Gasteiger partial charge in [0.2, 0.25) is 0 Å². The smallest absolute Gasteiger partial charge is 0.351 e. The number of fused-ring (bicyclic) bond motifs is 1. The van der Waals surface area contributed by atoms with Gasteiger partial charge in [0, 0.05) is 12.6 Å². The van der Waals surface area contributed by atoms with Crippen molar-refractivity contribution < 1.29 is 18.0 Å². The molecule has 1 N–H and O–H groups in total. The van der Waals surface area contributed by atoms with E-state index in [0.717, 1.165) is 25.3 Å². The second-order valence-corrected chi connectivity index (χ2v) is 11.3. The van der Waals surface area contributed by atoms with Crippen molar-refractivity contribution in [2.45, 2.75) is 116 Å². The molecule has 5 nitrogen and oxygen atoms in total. The Morgan fingerprint density at radius 1 is 0.872 bits per heavy atom. The van der Waals surface area contributed by atoms with Crippen LogP contribution in [-0.4, -0.2) is 27.0 Å². The van der Waals surface area contributed by atoms with Crippen molar-refractivity contribution in [1.29, 1.82) is 0 Å². The van der Waals surface area contributed by atoms with Gasteiger partial charge in [-0.25, -0.2) is 9.50 Å². The summed E-state index contributed by atoms with van der Waals surface area (Å²) >= 11 is 1.31. The van der Waals surface area contributed by atoms with Gasteiger partial charge in [0.15, 0.2) is 17.0 Å². The predicted octanol–water partition coefficient (Wildman–Crippen LogP) is 9.47. The number of thiophene rings is 1. The minimum Gasteiger partial charge on any atom is -0.351 e. The molecule has 0 atom stereocenters. The number of amides is 1. The number of alkyl halides is 3. The minimum atomic E-state index is -4.62. The topological polar surface area (TPSA) is 59.3 Å². The van der Waals surface area contributed by atoms with E-state index in [1.807, 2.05) is 0 Å². The normalized spacial score (nSPS) is 11.9. The van der Waals surface area contributed by atoms with Gasteiger partial charge in [0.05, 0.1) is 10.6 Å². The first-order valence-corrected chi connectivity index (χ1v) is 15.6. The number of rotatable bonds is 19. The van der Waals surface area contributed by atoms with Gasteiger partial charge in [-0.05, 0) is 23.9 Å². The van der Waals surface area contributed by atoms with E-state index in [2.05, 4.69) is 22.3 Å². The molecule has 39 heavy (non-hydrogen) atoms. The molecule has 0 aliphatic rings. The number of hydrogen-bond donors (Lipinski definition) is 1. The van der Waals surface area contributed by atoms with Crippen LogP contribution in [-0.2, 0) is 6.18 Å². The zero-order chi connectivity index (χ0) is 27.9. The molecule has 1 amide bonds. The van der Waals surface area contributed by atoms with E-state index in [0.29, 0.717) is 15.9 Å². The lowest BCUT2D eigenvalue weighted by molar-refractivity contribution is -0.142. The number of halogens is 3. The van der Waals surface area contributed by atoms with Gasteiger partial charge in [-0.15, -0.1) is 11.3 Å². The van der Waals surface area contributed by atoms with Crippen LogP contribution in [0.1, 0.15) is 126 Å². The van der Waals surface area contributed by atoms with Gasteiger partial charge in [0.25, 0.3) is 5.91 Å². The monoisotopic (exact) mass is 564 g/mol. The zero-order valence-electron chi connectivity index (χ0n) is 23.2. The third kappa shape index (κ3) is 10.6. The summed E-state index contributed by atoms with van der Waals surface area (Å²) in [5.41, 5.74) is -0.800. The molecule has 0 aliphatic carbocycles. The Kier molecular flexibility index (Phi) is 13.3. The van der Waals surface area contributed by atoms with E-state index >= 15 is 0 Å². The van der Waals surface area contributed by atoms with Crippen molar-refractivity contribution >= 4 is 22.9 Å². The number of carbonyl (C=O) groups is 1. The summed E-state index contributed by atoms with van der Waals surface area (Å²) < 4.78 is 41.8. The highest BCUT2D eigenvalue weighted by molar-refractivity contribution is 7.13. The van der Waals surface area contributed by atoms with Crippen LogP contribution in [0.2, 0.25) is 0 Å². The summed E-state index contributed by atoms with van der Waals surface area (Å²) in [6.45, 7) is 2.73. The maximum atomic E-state index is 13.7. The molecule has 0 radical (unpaired) electrons. The van der Waals surface area contributed by atoms with Crippen LogP contribution >= 0.6 is 11.3 Å². The summed E-state index contributed by atoms with van der Waals surface area (Å²) in [4.78, 5) is 17.5. The lowest BCUT2D eigenvalue weighted by atomic mass is 10.0. The number of hydrogen-bond acceptors (Lipinski definition) is 4. The molecule has 0 fully saturated rings. The standard InChI is InChI=1S/C30H43F3N4OS/c1-2-3-4-5-6-7-8-9-10-11-12-13-14-15-16-17-20-34-29(38)25-23-28-35-24(26-19-18-21-39-26)22-27(30(31,32)33)37(28)36-25/h18-19,21-23H,2-17,20H2,1H3,(H,34,38). The Morgan fingerprint density at radius 3 is 1.95 bits per heavy atom. The SMILES string of the molecule is CCCCCCCCCCCCCCCCCCNC(=O)c1cc2nc(-c3cccs3)cc(C(F)(F)F)n2n1. The van der Waals surface area contributed by atoms with E-state index in [1.54, 1.807) is 17.5 Å². The quantitative estimate of drug-likeness (QED) is 0.148. The molecule has 3 aromatic rings. The van der Waals surface area contributed by atoms with Gasteiger partial charge in [-0.2, -0.15) is 18.3 Å². The molecule has 3 aromatic heterocycles. The lowest BCUT2D eigenvalue weighted by Crippen LogP contribution is -2.25. The molecule has 0 bridgehead atoms. The average Bonchev–Trinajstić information content (AvgIpc) is 3.59. The Labute approximate surface area is 234 Å². The molecule has 3 heterocycles. The fraction of sp³-hybridized carbons (Fsp3) is 0.633. The molecule has 0 saturated heterocycles. The van der Waals surface area contributed by atoms with E-state index < -0.39 is 17.8 Å². The maximum absolute atomic E-state index is 13.7. The van der Waals surface area contributed by atoms with Crippen LogP contribution in [0.15, 0.2) is 29.6 Å². The Morgan fingerprint density at radius 2 is 1.44 bits per heavy atom. The van der Waals surface area contributed by atoms with Crippen LogP contribution in [0.5, 0.6) is 0 Å². The van der Waals surface area contributed by atoms with E-state index in [1.165, 1.54) is 101 Å². The number of carbonyl (C=O) groups excluding carboxylic acids is 1. The first-order valence-electron chi connectivity index (χ1n) is 14.7. The predicted molar refractivity (Wildman–Crippen MR) is 153 cm³/mol. The first kappa shape index (κ1) is 31.1. The molecule has 0 spiro atoms. The number of unbranched alkanes of at least 4 members (excludes halogenated alkanes) is 15. The van der Waals surface area contributed by atoms with Crippen molar-refractivity contribution in [3.8, 4) is 10.6 Å². The Hall–Kier alpha value is -2.42. The molecular weight excluding hydrogens is 521 g/mol. The number of nitrogens with zero attached hydrogens (tertiary/aromatic N) is 3. The van der Waals surface area contributed by atoms with Gasteiger partial charge in [-0.3, -0.25) is 4.79 Å². The van der Waals surface area contributed by atoms with E-state index in [4.69, 9.17) is 0 Å². The summed E-state index contributed by atoms with van der Waals surface area (Å²) in [6.07, 6.45) is 15.8. The van der Waals surface area contributed by atoms with Crippen molar-refractivity contribution in [1.82, 2.24) is 19.9 Å². The molecule has 0 unspecified atom stereocenters. The van der Waals surface area contributed by atoms with Gasteiger partial charge in [-0.1, -0.05) is 109 Å². The highest BCUT2D eigenvalue weighted by atomic mass is 32.1. The molecule has 3 rings (SSSR count). The minimum absolute atomic E-state index is 0.000726. The van der Waals surface area contributed by atoms with Crippen molar-refractivity contribution in [2.24, 2.45) is 0 Å². The van der Waals surface area contributed by atoms with Crippen molar-refractivity contribution in [2.75, 3.05) is 6.54 Å². The van der Waals surface area contributed by atoms with Gasteiger partial charge >= 0.3 is 6.18 Å². The highest BCUT2D eigenvalue weighted by Gasteiger charge is 2.35. The second kappa shape index (κ2) is 16.6.